The minimum absolute atomic E-state index is 0.0380. The first-order valence-electron chi connectivity index (χ1n) is 7.21. The molecule has 0 bridgehead atoms. The van der Waals surface area contributed by atoms with Gasteiger partial charge in [-0.3, -0.25) is 4.79 Å². The monoisotopic (exact) mass is 280 g/mol. The summed E-state index contributed by atoms with van der Waals surface area (Å²) in [6, 6.07) is 0.133. The number of fused-ring (bicyclic) bond motifs is 1. The van der Waals surface area contributed by atoms with E-state index in [0.717, 1.165) is 12.8 Å². The maximum Gasteiger partial charge on any atom is 0.410 e. The number of ether oxygens (including phenoxy) is 1. The summed E-state index contributed by atoms with van der Waals surface area (Å²) < 4.78 is 5.39. The van der Waals surface area contributed by atoms with Crippen molar-refractivity contribution < 1.29 is 14.3 Å². The van der Waals surface area contributed by atoms with E-state index in [1.54, 1.807) is 11.0 Å². The lowest BCUT2D eigenvalue weighted by atomic mass is 10.0. The van der Waals surface area contributed by atoms with Gasteiger partial charge in [0.15, 0.2) is 0 Å². The molecule has 0 aliphatic carbocycles. The Labute approximate surface area is 120 Å². The Bertz CT molecular complexity index is 414. The smallest absolute Gasteiger partial charge is 0.410 e. The lowest BCUT2D eigenvalue weighted by Gasteiger charge is -2.38. The molecule has 0 aromatic heterocycles. The summed E-state index contributed by atoms with van der Waals surface area (Å²) in [6.45, 7) is 11.0. The van der Waals surface area contributed by atoms with E-state index in [0.29, 0.717) is 19.6 Å². The lowest BCUT2D eigenvalue weighted by Crippen LogP contribution is -2.54. The van der Waals surface area contributed by atoms with Crippen LogP contribution >= 0.6 is 0 Å². The first-order chi connectivity index (χ1) is 9.31. The van der Waals surface area contributed by atoms with Crippen molar-refractivity contribution in [1.29, 1.82) is 0 Å². The second kappa shape index (κ2) is 5.46. The molecule has 2 fully saturated rings. The van der Waals surface area contributed by atoms with Crippen LogP contribution in [0, 0.1) is 5.92 Å². The van der Waals surface area contributed by atoms with Gasteiger partial charge in [0.05, 0.1) is 6.04 Å². The number of piperazine rings is 1. The molecule has 2 aliphatic heterocycles. The van der Waals surface area contributed by atoms with Crippen molar-refractivity contribution in [1.82, 2.24) is 9.80 Å². The fraction of sp³-hybridized carbons (Fsp3) is 0.733. The largest absolute Gasteiger partial charge is 0.444 e. The SMILES string of the molecule is C=CC[C@H]1C[C@H]2CN(C(=O)OC(C)(C)C)CCN2C1=O. The molecule has 0 aromatic carbocycles. The Kier molecular flexibility index (Phi) is 4.06. The Morgan fingerprint density at radius 1 is 1.45 bits per heavy atom. The second-order valence-corrected chi connectivity index (χ2v) is 6.57. The van der Waals surface area contributed by atoms with Crippen LogP contribution in [0.15, 0.2) is 12.7 Å². The van der Waals surface area contributed by atoms with Gasteiger partial charge >= 0.3 is 6.09 Å². The van der Waals surface area contributed by atoms with Crippen LogP contribution in [0.4, 0.5) is 4.79 Å². The van der Waals surface area contributed by atoms with Crippen molar-refractivity contribution in [2.75, 3.05) is 19.6 Å². The van der Waals surface area contributed by atoms with Crippen LogP contribution in [-0.4, -0.2) is 53.1 Å². The third-order valence-electron chi connectivity index (χ3n) is 3.77. The highest BCUT2D eigenvalue weighted by Gasteiger charge is 2.43. The zero-order valence-corrected chi connectivity index (χ0v) is 12.6. The predicted octanol–water partition coefficient (Wildman–Crippen LogP) is 2.03. The molecule has 2 saturated heterocycles. The van der Waals surface area contributed by atoms with Gasteiger partial charge in [-0.05, 0) is 33.6 Å². The Morgan fingerprint density at radius 3 is 2.75 bits per heavy atom. The molecule has 2 amide bonds. The zero-order valence-electron chi connectivity index (χ0n) is 12.6. The number of hydrogen-bond acceptors (Lipinski definition) is 3. The van der Waals surface area contributed by atoms with E-state index in [1.807, 2.05) is 25.7 Å². The van der Waals surface area contributed by atoms with Gasteiger partial charge in [0.1, 0.15) is 5.60 Å². The molecular weight excluding hydrogens is 256 g/mol. The van der Waals surface area contributed by atoms with E-state index >= 15 is 0 Å². The van der Waals surface area contributed by atoms with Gasteiger partial charge < -0.3 is 14.5 Å². The second-order valence-electron chi connectivity index (χ2n) is 6.57. The summed E-state index contributed by atoms with van der Waals surface area (Å²) in [6.07, 6.45) is 3.05. The molecule has 2 aliphatic rings. The molecule has 5 heteroatoms. The molecule has 0 saturated carbocycles. The van der Waals surface area contributed by atoms with Crippen LogP contribution < -0.4 is 0 Å². The molecule has 0 unspecified atom stereocenters. The highest BCUT2D eigenvalue weighted by atomic mass is 16.6. The van der Waals surface area contributed by atoms with Crippen LogP contribution in [-0.2, 0) is 9.53 Å². The van der Waals surface area contributed by atoms with Crippen molar-refractivity contribution in [3.8, 4) is 0 Å². The van der Waals surface area contributed by atoms with E-state index in [2.05, 4.69) is 6.58 Å². The first-order valence-corrected chi connectivity index (χ1v) is 7.21. The fourth-order valence-electron chi connectivity index (χ4n) is 2.90. The molecule has 0 spiro atoms. The first kappa shape index (κ1) is 14.9. The summed E-state index contributed by atoms with van der Waals surface area (Å²) in [5, 5.41) is 0. The standard InChI is InChI=1S/C15H24N2O3/c1-5-6-11-9-12-10-16(7-8-17(12)13(11)18)14(19)20-15(2,3)4/h5,11-12H,1,6-10H2,2-4H3/t11-,12-/m0/s1. The molecule has 0 N–H and O–H groups in total. The van der Waals surface area contributed by atoms with Crippen LogP contribution in [0.25, 0.3) is 0 Å². The highest BCUT2D eigenvalue weighted by molar-refractivity contribution is 5.82. The Morgan fingerprint density at radius 2 is 2.15 bits per heavy atom. The molecule has 20 heavy (non-hydrogen) atoms. The summed E-state index contributed by atoms with van der Waals surface area (Å²) in [5.74, 6) is 0.245. The molecule has 2 rings (SSSR count). The summed E-state index contributed by atoms with van der Waals surface area (Å²) in [5.41, 5.74) is -0.481. The summed E-state index contributed by atoms with van der Waals surface area (Å²) in [4.78, 5) is 27.9. The number of rotatable bonds is 2. The molecule has 5 nitrogen and oxygen atoms in total. The van der Waals surface area contributed by atoms with E-state index in [1.165, 1.54) is 0 Å². The van der Waals surface area contributed by atoms with Gasteiger partial charge in [-0.15, -0.1) is 6.58 Å². The van der Waals surface area contributed by atoms with E-state index < -0.39 is 5.60 Å². The van der Waals surface area contributed by atoms with Crippen molar-refractivity contribution in [2.45, 2.75) is 45.3 Å². The fourth-order valence-corrected chi connectivity index (χ4v) is 2.90. The Hall–Kier alpha value is -1.52. The van der Waals surface area contributed by atoms with Crippen LogP contribution in [0.5, 0.6) is 0 Å². The number of carbonyl (C=O) groups is 2. The van der Waals surface area contributed by atoms with E-state index in [4.69, 9.17) is 4.74 Å². The van der Waals surface area contributed by atoms with Gasteiger partial charge in [-0.25, -0.2) is 4.79 Å². The molecule has 0 radical (unpaired) electrons. The normalized spacial score (nSPS) is 26.4. The molecule has 112 valence electrons. The van der Waals surface area contributed by atoms with Gasteiger partial charge in [0.2, 0.25) is 5.91 Å². The third-order valence-corrected chi connectivity index (χ3v) is 3.77. The maximum atomic E-state index is 12.2. The Balaban J connectivity index is 1.96. The van der Waals surface area contributed by atoms with Gasteiger partial charge in [-0.2, -0.15) is 0 Å². The number of amides is 2. The van der Waals surface area contributed by atoms with Crippen molar-refractivity contribution >= 4 is 12.0 Å². The van der Waals surface area contributed by atoms with Gasteiger partial charge in [0, 0.05) is 25.6 Å². The quantitative estimate of drug-likeness (QED) is 0.727. The molecule has 0 aromatic rings. The van der Waals surface area contributed by atoms with Crippen molar-refractivity contribution in [2.24, 2.45) is 5.92 Å². The van der Waals surface area contributed by atoms with Gasteiger partial charge in [0.25, 0.3) is 0 Å². The van der Waals surface area contributed by atoms with Crippen LogP contribution in [0.2, 0.25) is 0 Å². The number of nitrogens with zero attached hydrogens (tertiary/aromatic N) is 2. The van der Waals surface area contributed by atoms with E-state index in [-0.39, 0.29) is 24.0 Å². The van der Waals surface area contributed by atoms with Gasteiger partial charge in [-0.1, -0.05) is 6.08 Å². The van der Waals surface area contributed by atoms with Crippen LogP contribution in [0.1, 0.15) is 33.6 Å². The molecule has 2 heterocycles. The average Bonchev–Trinajstić information content (AvgIpc) is 2.64. The third kappa shape index (κ3) is 3.14. The summed E-state index contributed by atoms with van der Waals surface area (Å²) in [7, 11) is 0. The maximum absolute atomic E-state index is 12.2. The highest BCUT2D eigenvalue weighted by Crippen LogP contribution is 2.30. The predicted molar refractivity (Wildman–Crippen MR) is 76.2 cm³/mol. The van der Waals surface area contributed by atoms with Crippen molar-refractivity contribution in [3.63, 3.8) is 0 Å². The van der Waals surface area contributed by atoms with Crippen LogP contribution in [0.3, 0.4) is 0 Å². The van der Waals surface area contributed by atoms with E-state index in [9.17, 15) is 9.59 Å². The average molecular weight is 280 g/mol. The summed E-state index contributed by atoms with van der Waals surface area (Å²) >= 11 is 0. The minimum atomic E-state index is -0.481. The number of hydrogen-bond donors (Lipinski definition) is 0. The topological polar surface area (TPSA) is 49.9 Å². The molecule has 2 atom stereocenters. The van der Waals surface area contributed by atoms with Crippen molar-refractivity contribution in [3.05, 3.63) is 12.7 Å². The minimum Gasteiger partial charge on any atom is -0.444 e. The zero-order chi connectivity index (χ0) is 14.9. The molecular formula is C15H24N2O3. The number of carbonyl (C=O) groups excluding carboxylic acids is 2. The lowest BCUT2D eigenvalue weighted by molar-refractivity contribution is -0.133. The number of allylic oxidation sites excluding steroid dienone is 1.